The molecule has 1 aromatic carbocycles. The fourth-order valence-electron chi connectivity index (χ4n) is 2.71. The Morgan fingerprint density at radius 3 is 2.79 bits per heavy atom. The third kappa shape index (κ3) is 2.48. The lowest BCUT2D eigenvalue weighted by atomic mass is 9.85. The third-order valence-electron chi connectivity index (χ3n) is 4.30. The van der Waals surface area contributed by atoms with Crippen LogP contribution in [0.3, 0.4) is 0 Å². The van der Waals surface area contributed by atoms with Crippen LogP contribution in [-0.4, -0.2) is 12.5 Å². The second-order valence-corrected chi connectivity index (χ2v) is 5.63. The van der Waals surface area contributed by atoms with Gasteiger partial charge in [-0.2, -0.15) is 0 Å². The molecule has 1 aromatic rings. The van der Waals surface area contributed by atoms with Crippen LogP contribution in [0.2, 0.25) is 0 Å². The highest BCUT2D eigenvalue weighted by Crippen LogP contribution is 2.48. The number of halogens is 2. The quantitative estimate of drug-likeness (QED) is 0.891. The van der Waals surface area contributed by atoms with Crippen LogP contribution < -0.4 is 5.32 Å². The van der Waals surface area contributed by atoms with Crippen molar-refractivity contribution in [2.75, 3.05) is 6.54 Å². The monoisotopic (exact) mass is 265 g/mol. The van der Waals surface area contributed by atoms with E-state index in [-0.39, 0.29) is 17.7 Å². The average Bonchev–Trinajstić information content (AvgIpc) is 3.10. The van der Waals surface area contributed by atoms with Crippen LogP contribution >= 0.6 is 0 Å². The molecule has 2 nitrogen and oxygen atoms in total. The second-order valence-electron chi connectivity index (χ2n) is 5.63. The fraction of sp³-hybridized carbons (Fsp3) is 0.533. The van der Waals surface area contributed by atoms with E-state index in [0.717, 1.165) is 12.6 Å². The highest BCUT2D eigenvalue weighted by atomic mass is 19.2. The van der Waals surface area contributed by atoms with Gasteiger partial charge in [-0.3, -0.25) is 4.79 Å². The predicted molar refractivity (Wildman–Crippen MR) is 67.6 cm³/mol. The normalized spacial score (nSPS) is 25.8. The summed E-state index contributed by atoms with van der Waals surface area (Å²) < 4.78 is 26.7. The fourth-order valence-corrected chi connectivity index (χ4v) is 2.71. The molecule has 2 aliphatic rings. The van der Waals surface area contributed by atoms with Crippen molar-refractivity contribution in [1.82, 2.24) is 5.32 Å². The lowest BCUT2D eigenvalue weighted by Gasteiger charge is -2.25. The van der Waals surface area contributed by atoms with Gasteiger partial charge < -0.3 is 5.32 Å². The first-order chi connectivity index (χ1) is 9.16. The first kappa shape index (κ1) is 12.6. The summed E-state index contributed by atoms with van der Waals surface area (Å²) in [4.78, 5) is 11.9. The Balaban J connectivity index is 1.57. The van der Waals surface area contributed by atoms with Crippen molar-refractivity contribution in [3.63, 3.8) is 0 Å². The minimum absolute atomic E-state index is 0.0134. The molecule has 102 valence electrons. The molecule has 19 heavy (non-hydrogen) atoms. The largest absolute Gasteiger partial charge is 0.356 e. The summed E-state index contributed by atoms with van der Waals surface area (Å²) in [7, 11) is 0. The van der Waals surface area contributed by atoms with Crippen molar-refractivity contribution in [3.8, 4) is 0 Å². The number of hydrogen-bond acceptors (Lipinski definition) is 1. The zero-order valence-corrected chi connectivity index (χ0v) is 10.7. The molecule has 3 rings (SSSR count). The summed E-state index contributed by atoms with van der Waals surface area (Å²) in [5.41, 5.74) is 0.337. The van der Waals surface area contributed by atoms with E-state index in [1.165, 1.54) is 25.3 Å². The van der Waals surface area contributed by atoms with Crippen LogP contribution in [0, 0.1) is 23.5 Å². The van der Waals surface area contributed by atoms with Crippen LogP contribution in [0.15, 0.2) is 18.2 Å². The van der Waals surface area contributed by atoms with Gasteiger partial charge in [0, 0.05) is 12.5 Å². The van der Waals surface area contributed by atoms with E-state index in [4.69, 9.17) is 0 Å². The summed E-state index contributed by atoms with van der Waals surface area (Å²) >= 11 is 0. The maximum atomic E-state index is 13.6. The topological polar surface area (TPSA) is 29.1 Å². The van der Waals surface area contributed by atoms with E-state index in [0.29, 0.717) is 17.9 Å². The Morgan fingerprint density at radius 2 is 2.11 bits per heavy atom. The van der Waals surface area contributed by atoms with Crippen LogP contribution in [0.5, 0.6) is 0 Å². The van der Waals surface area contributed by atoms with E-state index in [9.17, 15) is 13.6 Å². The standard InChI is InChI=1S/C15H17F2NO/c16-13-6-2-5-10(14(13)17)11-7-12(11)15(19)18-8-9-3-1-4-9/h2,5-6,9,11-12H,1,3-4,7-8H2,(H,18,19)/t11-,12-/m1/s1. The highest BCUT2D eigenvalue weighted by Gasteiger charge is 2.45. The Bertz CT molecular complexity index is 499. The SMILES string of the molecule is O=C(NCC1CCC1)[C@@H]1C[C@@H]1c1cccc(F)c1F. The minimum atomic E-state index is -0.835. The van der Waals surface area contributed by atoms with Gasteiger partial charge in [-0.05, 0) is 42.7 Å². The molecule has 0 bridgehead atoms. The van der Waals surface area contributed by atoms with E-state index < -0.39 is 11.6 Å². The van der Waals surface area contributed by atoms with Gasteiger partial charge in [-0.15, -0.1) is 0 Å². The molecule has 1 N–H and O–H groups in total. The van der Waals surface area contributed by atoms with Gasteiger partial charge in [0.15, 0.2) is 11.6 Å². The Hall–Kier alpha value is -1.45. The van der Waals surface area contributed by atoms with E-state index in [1.807, 2.05) is 0 Å². The first-order valence-electron chi connectivity index (χ1n) is 6.88. The Morgan fingerprint density at radius 1 is 1.32 bits per heavy atom. The zero-order chi connectivity index (χ0) is 13.4. The number of benzene rings is 1. The van der Waals surface area contributed by atoms with Crippen LogP contribution in [-0.2, 0) is 4.79 Å². The zero-order valence-electron chi connectivity index (χ0n) is 10.7. The summed E-state index contributed by atoms with van der Waals surface area (Å²) in [6, 6.07) is 4.17. The minimum Gasteiger partial charge on any atom is -0.356 e. The third-order valence-corrected chi connectivity index (χ3v) is 4.30. The molecule has 0 spiro atoms. The van der Waals surface area contributed by atoms with Gasteiger partial charge in [0.1, 0.15) is 0 Å². The maximum Gasteiger partial charge on any atom is 0.223 e. The van der Waals surface area contributed by atoms with Crippen molar-refractivity contribution in [3.05, 3.63) is 35.4 Å². The molecule has 0 saturated heterocycles. The van der Waals surface area contributed by atoms with Gasteiger partial charge >= 0.3 is 0 Å². The van der Waals surface area contributed by atoms with Gasteiger partial charge in [-0.1, -0.05) is 18.6 Å². The van der Waals surface area contributed by atoms with E-state index >= 15 is 0 Å². The number of carbonyl (C=O) groups excluding carboxylic acids is 1. The maximum absolute atomic E-state index is 13.6. The number of amides is 1. The molecule has 2 saturated carbocycles. The number of hydrogen-bond donors (Lipinski definition) is 1. The van der Waals surface area contributed by atoms with Gasteiger partial charge in [0.25, 0.3) is 0 Å². The molecule has 2 fully saturated rings. The average molecular weight is 265 g/mol. The molecule has 1 amide bonds. The lowest BCUT2D eigenvalue weighted by molar-refractivity contribution is -0.122. The molecule has 0 aliphatic heterocycles. The van der Waals surface area contributed by atoms with Crippen LogP contribution in [0.25, 0.3) is 0 Å². The molecule has 2 aliphatic carbocycles. The van der Waals surface area contributed by atoms with Crippen LogP contribution in [0.1, 0.15) is 37.2 Å². The van der Waals surface area contributed by atoms with Crippen molar-refractivity contribution in [2.24, 2.45) is 11.8 Å². The predicted octanol–water partition coefficient (Wildman–Crippen LogP) is 2.98. The van der Waals surface area contributed by atoms with E-state index in [2.05, 4.69) is 5.32 Å². The molecular weight excluding hydrogens is 248 g/mol. The molecule has 2 atom stereocenters. The van der Waals surface area contributed by atoms with E-state index in [1.54, 1.807) is 6.07 Å². The van der Waals surface area contributed by atoms with Crippen molar-refractivity contribution >= 4 is 5.91 Å². The smallest absolute Gasteiger partial charge is 0.223 e. The van der Waals surface area contributed by atoms with Gasteiger partial charge in [-0.25, -0.2) is 8.78 Å². The second kappa shape index (κ2) is 4.91. The Labute approximate surface area is 111 Å². The number of rotatable bonds is 4. The van der Waals surface area contributed by atoms with Crippen LogP contribution in [0.4, 0.5) is 8.78 Å². The van der Waals surface area contributed by atoms with Crippen molar-refractivity contribution < 1.29 is 13.6 Å². The van der Waals surface area contributed by atoms with Gasteiger partial charge in [0.05, 0.1) is 0 Å². The van der Waals surface area contributed by atoms with Gasteiger partial charge in [0.2, 0.25) is 5.91 Å². The molecule has 0 aromatic heterocycles. The molecule has 0 unspecified atom stereocenters. The van der Waals surface area contributed by atoms with Crippen molar-refractivity contribution in [2.45, 2.75) is 31.6 Å². The summed E-state index contributed by atoms with van der Waals surface area (Å²) in [6.07, 6.45) is 4.25. The number of nitrogens with one attached hydrogen (secondary N) is 1. The molecule has 0 radical (unpaired) electrons. The Kier molecular flexibility index (Phi) is 3.25. The molecule has 0 heterocycles. The summed E-state index contributed by atoms with van der Waals surface area (Å²) in [5, 5.41) is 2.93. The lowest BCUT2D eigenvalue weighted by Crippen LogP contribution is -2.33. The highest BCUT2D eigenvalue weighted by molar-refractivity contribution is 5.82. The number of carbonyl (C=O) groups is 1. The molecular formula is C15H17F2NO. The summed E-state index contributed by atoms with van der Waals surface area (Å²) in [5.74, 6) is -1.37. The van der Waals surface area contributed by atoms with Crippen molar-refractivity contribution in [1.29, 1.82) is 0 Å². The first-order valence-corrected chi connectivity index (χ1v) is 6.88. The summed E-state index contributed by atoms with van der Waals surface area (Å²) in [6.45, 7) is 0.730. The molecule has 4 heteroatoms.